The largest absolute Gasteiger partial charge is 0.382 e. The van der Waals surface area contributed by atoms with E-state index in [1.54, 1.807) is 7.11 Å². The molecule has 6 nitrogen and oxygen atoms in total. The molecule has 0 aliphatic carbocycles. The molecule has 1 heterocycles. The molecular weight excluding hydrogens is 258 g/mol. The van der Waals surface area contributed by atoms with Crippen molar-refractivity contribution in [1.29, 1.82) is 0 Å². The lowest BCUT2D eigenvalue weighted by atomic mass is 10.4. The van der Waals surface area contributed by atoms with Crippen LogP contribution in [0.15, 0.2) is 6.07 Å². The fourth-order valence-corrected chi connectivity index (χ4v) is 1.32. The molecule has 0 spiro atoms. The van der Waals surface area contributed by atoms with E-state index < -0.39 is 11.6 Å². The number of methoxy groups -OCH3 is 1. The first-order chi connectivity index (χ1) is 9.19. The van der Waals surface area contributed by atoms with Crippen LogP contribution in [-0.4, -0.2) is 38.5 Å². The van der Waals surface area contributed by atoms with Crippen molar-refractivity contribution in [2.75, 3.05) is 44.2 Å². The lowest BCUT2D eigenvalue weighted by Crippen LogP contribution is -2.14. The van der Waals surface area contributed by atoms with Crippen LogP contribution in [0.25, 0.3) is 0 Å². The van der Waals surface area contributed by atoms with E-state index in [0.717, 1.165) is 6.07 Å². The lowest BCUT2D eigenvalue weighted by Gasteiger charge is -2.09. The Morgan fingerprint density at radius 2 is 1.95 bits per heavy atom. The summed E-state index contributed by atoms with van der Waals surface area (Å²) >= 11 is 0. The van der Waals surface area contributed by atoms with Gasteiger partial charge in [0.2, 0.25) is 0 Å². The number of anilines is 2. The van der Waals surface area contributed by atoms with E-state index in [1.165, 1.54) is 0 Å². The molecule has 0 aliphatic rings. The Morgan fingerprint density at radius 3 is 2.63 bits per heavy atom. The predicted molar refractivity (Wildman–Crippen MR) is 67.8 cm³/mol. The Balaban J connectivity index is 2.33. The summed E-state index contributed by atoms with van der Waals surface area (Å²) < 4.78 is 36.5. The minimum atomic E-state index is -0.839. The van der Waals surface area contributed by atoms with Gasteiger partial charge in [-0.25, -0.2) is 19.6 Å². The molecule has 8 heteroatoms. The van der Waals surface area contributed by atoms with Crippen molar-refractivity contribution >= 4 is 11.6 Å². The number of hydrogen-bond acceptors (Lipinski definition) is 6. The molecule has 0 fully saturated rings. The second-order valence-corrected chi connectivity index (χ2v) is 3.68. The molecule has 0 atom stereocenters. The zero-order chi connectivity index (χ0) is 14.1. The summed E-state index contributed by atoms with van der Waals surface area (Å²) in [6.45, 7) is 2.02. The highest BCUT2D eigenvalue weighted by Crippen LogP contribution is 2.17. The molecule has 0 radical (unpaired) electrons. The van der Waals surface area contributed by atoms with Crippen LogP contribution >= 0.6 is 0 Å². The van der Waals surface area contributed by atoms with Crippen LogP contribution in [0.2, 0.25) is 0 Å². The van der Waals surface area contributed by atoms with E-state index in [1.807, 2.05) is 0 Å². The van der Waals surface area contributed by atoms with Gasteiger partial charge in [-0.15, -0.1) is 0 Å². The smallest absolute Gasteiger partial charge is 0.178 e. The third-order valence-corrected chi connectivity index (χ3v) is 2.26. The number of nitrogens with two attached hydrogens (primary N) is 1. The monoisotopic (exact) mass is 276 g/mol. The summed E-state index contributed by atoms with van der Waals surface area (Å²) in [7, 11) is 1.59. The van der Waals surface area contributed by atoms with Gasteiger partial charge in [0.25, 0.3) is 0 Å². The van der Waals surface area contributed by atoms with Crippen molar-refractivity contribution in [2.24, 2.45) is 5.84 Å². The van der Waals surface area contributed by atoms with E-state index in [0.29, 0.717) is 32.8 Å². The van der Waals surface area contributed by atoms with Crippen LogP contribution in [0.3, 0.4) is 0 Å². The van der Waals surface area contributed by atoms with Crippen molar-refractivity contribution in [1.82, 2.24) is 4.98 Å². The minimum Gasteiger partial charge on any atom is -0.382 e. The maximum Gasteiger partial charge on any atom is 0.178 e. The molecule has 1 aromatic heterocycles. The maximum atomic E-state index is 13.4. The van der Waals surface area contributed by atoms with Gasteiger partial charge in [0.15, 0.2) is 23.3 Å². The first-order valence-corrected chi connectivity index (χ1v) is 5.82. The number of rotatable bonds is 9. The number of pyridine rings is 1. The van der Waals surface area contributed by atoms with Gasteiger partial charge in [0.05, 0.1) is 13.2 Å². The summed E-state index contributed by atoms with van der Waals surface area (Å²) in [5.41, 5.74) is 2.06. The van der Waals surface area contributed by atoms with E-state index in [2.05, 4.69) is 15.7 Å². The van der Waals surface area contributed by atoms with Gasteiger partial charge in [0.1, 0.15) is 0 Å². The molecule has 108 valence electrons. The third kappa shape index (κ3) is 5.33. The van der Waals surface area contributed by atoms with Gasteiger partial charge in [-0.3, -0.25) is 0 Å². The van der Waals surface area contributed by atoms with Crippen LogP contribution in [0.1, 0.15) is 6.42 Å². The van der Waals surface area contributed by atoms with Gasteiger partial charge in [-0.1, -0.05) is 0 Å². The van der Waals surface area contributed by atoms with Gasteiger partial charge in [-0.05, 0) is 6.42 Å². The Kier molecular flexibility index (Phi) is 7.01. The molecule has 0 aromatic carbocycles. The summed E-state index contributed by atoms with van der Waals surface area (Å²) in [4.78, 5) is 3.68. The van der Waals surface area contributed by atoms with Crippen LogP contribution in [-0.2, 0) is 9.47 Å². The van der Waals surface area contributed by atoms with Crippen LogP contribution in [0, 0.1) is 11.6 Å². The number of hydrazine groups is 1. The first-order valence-electron chi connectivity index (χ1n) is 5.82. The van der Waals surface area contributed by atoms with Crippen molar-refractivity contribution in [3.05, 3.63) is 17.7 Å². The Labute approximate surface area is 110 Å². The van der Waals surface area contributed by atoms with Gasteiger partial charge in [0, 0.05) is 26.3 Å². The summed E-state index contributed by atoms with van der Waals surface area (Å²) in [5.74, 6) is 3.19. The average molecular weight is 276 g/mol. The molecule has 0 amide bonds. The second-order valence-electron chi connectivity index (χ2n) is 3.68. The Morgan fingerprint density at radius 1 is 1.21 bits per heavy atom. The van der Waals surface area contributed by atoms with Gasteiger partial charge in [-0.2, -0.15) is 0 Å². The number of ether oxygens (including phenoxy) is 2. The number of nitrogens with one attached hydrogen (secondary N) is 2. The van der Waals surface area contributed by atoms with Crippen molar-refractivity contribution < 1.29 is 18.3 Å². The first kappa shape index (κ1) is 15.5. The topological polar surface area (TPSA) is 81.4 Å². The highest BCUT2D eigenvalue weighted by atomic mass is 19.1. The second kappa shape index (κ2) is 8.57. The van der Waals surface area contributed by atoms with Crippen molar-refractivity contribution in [3.8, 4) is 0 Å². The molecule has 1 aromatic rings. The predicted octanol–water partition coefficient (Wildman–Crippen LogP) is 1.11. The Hall–Kier alpha value is -1.51. The number of hydrogen-bond donors (Lipinski definition) is 3. The molecule has 1 rings (SSSR count). The average Bonchev–Trinajstić information content (AvgIpc) is 2.40. The van der Waals surface area contributed by atoms with Crippen molar-refractivity contribution in [2.45, 2.75) is 6.42 Å². The zero-order valence-electron chi connectivity index (χ0n) is 10.7. The van der Waals surface area contributed by atoms with Crippen LogP contribution in [0.4, 0.5) is 20.4 Å². The molecule has 0 unspecified atom stereocenters. The SMILES string of the molecule is COCCOCCCNc1nc(NN)c(F)cc1F. The fraction of sp³-hybridized carbons (Fsp3) is 0.545. The van der Waals surface area contributed by atoms with E-state index >= 15 is 0 Å². The molecule has 0 saturated heterocycles. The number of nitrogen functional groups attached to an aromatic ring is 1. The van der Waals surface area contributed by atoms with E-state index in [-0.39, 0.29) is 11.6 Å². The number of aromatic nitrogens is 1. The molecule has 0 bridgehead atoms. The molecule has 19 heavy (non-hydrogen) atoms. The molecule has 0 saturated carbocycles. The summed E-state index contributed by atoms with van der Waals surface area (Å²) in [6, 6.07) is 0.722. The normalized spacial score (nSPS) is 10.5. The number of halogens is 2. The zero-order valence-corrected chi connectivity index (χ0v) is 10.7. The minimum absolute atomic E-state index is 0.0498. The van der Waals surface area contributed by atoms with Gasteiger partial charge >= 0.3 is 0 Å². The highest BCUT2D eigenvalue weighted by molar-refractivity contribution is 5.46. The highest BCUT2D eigenvalue weighted by Gasteiger charge is 2.10. The maximum absolute atomic E-state index is 13.4. The molecule has 4 N–H and O–H groups in total. The Bertz CT molecular complexity index is 393. The van der Waals surface area contributed by atoms with Crippen LogP contribution in [0.5, 0.6) is 0 Å². The standard InChI is InChI=1S/C11H18F2N4O2/c1-18-5-6-19-4-2-3-15-10-8(12)7-9(13)11(16-10)17-14/h7H,2-6,14H2,1H3,(H2,15,16,17). The lowest BCUT2D eigenvalue weighted by molar-refractivity contribution is 0.0705. The third-order valence-electron chi connectivity index (χ3n) is 2.26. The quantitative estimate of drug-likeness (QED) is 0.356. The molecule has 0 aliphatic heterocycles. The summed E-state index contributed by atoms with van der Waals surface area (Å²) in [5, 5.41) is 2.75. The number of nitrogens with zero attached hydrogens (tertiary/aromatic N) is 1. The van der Waals surface area contributed by atoms with Crippen molar-refractivity contribution in [3.63, 3.8) is 0 Å². The summed E-state index contributed by atoms with van der Waals surface area (Å²) in [6.07, 6.45) is 0.660. The molecular formula is C11H18F2N4O2. The van der Waals surface area contributed by atoms with E-state index in [4.69, 9.17) is 15.3 Å². The van der Waals surface area contributed by atoms with E-state index in [9.17, 15) is 8.78 Å². The van der Waals surface area contributed by atoms with Crippen LogP contribution < -0.4 is 16.6 Å². The van der Waals surface area contributed by atoms with Gasteiger partial charge < -0.3 is 20.2 Å². The fourth-order valence-electron chi connectivity index (χ4n) is 1.32.